The van der Waals surface area contributed by atoms with Crippen molar-refractivity contribution in [3.05, 3.63) is 0 Å². The van der Waals surface area contributed by atoms with Crippen molar-refractivity contribution < 1.29 is 19.4 Å². The van der Waals surface area contributed by atoms with Gasteiger partial charge in [0.2, 0.25) is 0 Å². The Kier molecular flexibility index (Phi) is 4.73. The molecule has 4 nitrogen and oxygen atoms in total. The first kappa shape index (κ1) is 19.4. The third-order valence-electron chi connectivity index (χ3n) is 9.37. The number of hydrogen-bond donors (Lipinski definition) is 1. The van der Waals surface area contributed by atoms with E-state index < -0.39 is 0 Å². The van der Waals surface area contributed by atoms with Gasteiger partial charge in [0.25, 0.3) is 0 Å². The highest BCUT2D eigenvalue weighted by atomic mass is 16.5. The Balaban J connectivity index is 1.59. The molecule has 2 unspecified atom stereocenters. The van der Waals surface area contributed by atoms with Crippen LogP contribution in [0, 0.1) is 40.4 Å². The molecule has 0 radical (unpaired) electrons. The summed E-state index contributed by atoms with van der Waals surface area (Å²) in [6.07, 6.45) is 7.88. The number of carbonyl (C=O) groups is 2. The number of hydrogen-bond acceptors (Lipinski definition) is 4. The lowest BCUT2D eigenvalue weighted by Gasteiger charge is -2.62. The number of esters is 1. The van der Waals surface area contributed by atoms with E-state index in [4.69, 9.17) is 4.74 Å². The minimum Gasteiger partial charge on any atom is -0.463 e. The van der Waals surface area contributed by atoms with Crippen LogP contribution in [0.1, 0.15) is 79.1 Å². The fourth-order valence-corrected chi connectivity index (χ4v) is 8.35. The molecule has 0 heterocycles. The van der Waals surface area contributed by atoms with Gasteiger partial charge in [-0.1, -0.05) is 13.8 Å². The molecule has 1 N–H and O–H groups in total. The average molecular weight is 377 g/mol. The second-order valence-electron chi connectivity index (χ2n) is 10.6. The smallest absolute Gasteiger partial charge is 0.302 e. The van der Waals surface area contributed by atoms with Crippen LogP contribution in [0.3, 0.4) is 0 Å². The quantitative estimate of drug-likeness (QED) is 0.736. The van der Waals surface area contributed by atoms with Crippen molar-refractivity contribution in [2.75, 3.05) is 0 Å². The van der Waals surface area contributed by atoms with Crippen LogP contribution in [-0.4, -0.2) is 29.1 Å². The molecular formula is C23H36O4. The first-order valence-corrected chi connectivity index (χ1v) is 11.0. The summed E-state index contributed by atoms with van der Waals surface area (Å²) in [4.78, 5) is 23.7. The van der Waals surface area contributed by atoms with Gasteiger partial charge in [-0.15, -0.1) is 0 Å². The summed E-state index contributed by atoms with van der Waals surface area (Å²) in [6, 6.07) is 0. The van der Waals surface area contributed by atoms with Crippen LogP contribution < -0.4 is 0 Å². The van der Waals surface area contributed by atoms with E-state index in [2.05, 4.69) is 13.8 Å². The number of rotatable bonds is 2. The minimum atomic E-state index is -0.311. The number of aliphatic hydroxyl groups excluding tert-OH is 1. The first-order chi connectivity index (χ1) is 12.7. The second kappa shape index (κ2) is 6.57. The number of ether oxygens (including phenoxy) is 1. The Morgan fingerprint density at radius 3 is 2.41 bits per heavy atom. The van der Waals surface area contributed by atoms with E-state index in [9.17, 15) is 14.7 Å². The largest absolute Gasteiger partial charge is 0.463 e. The highest BCUT2D eigenvalue weighted by Gasteiger charge is 2.63. The summed E-state index contributed by atoms with van der Waals surface area (Å²) in [5.74, 6) is 2.24. The van der Waals surface area contributed by atoms with Crippen LogP contribution in [0.25, 0.3) is 0 Å². The summed E-state index contributed by atoms with van der Waals surface area (Å²) in [6.45, 7) is 7.91. The monoisotopic (exact) mass is 376 g/mol. The predicted octanol–water partition coefficient (Wildman–Crippen LogP) is 4.14. The van der Waals surface area contributed by atoms with Crippen LogP contribution in [0.2, 0.25) is 0 Å². The summed E-state index contributed by atoms with van der Waals surface area (Å²) >= 11 is 0. The van der Waals surface area contributed by atoms with Crippen LogP contribution in [0.15, 0.2) is 0 Å². The van der Waals surface area contributed by atoms with Crippen molar-refractivity contribution in [2.24, 2.45) is 40.4 Å². The Morgan fingerprint density at radius 2 is 1.74 bits per heavy atom. The van der Waals surface area contributed by atoms with Crippen molar-refractivity contribution in [1.82, 2.24) is 0 Å². The molecule has 0 bridgehead atoms. The van der Waals surface area contributed by atoms with Crippen molar-refractivity contribution in [3.8, 4) is 0 Å². The second-order valence-corrected chi connectivity index (χ2v) is 10.6. The molecule has 0 spiro atoms. The van der Waals surface area contributed by atoms with E-state index in [-0.39, 0.29) is 34.9 Å². The van der Waals surface area contributed by atoms with E-state index in [0.29, 0.717) is 29.5 Å². The standard InChI is InChI=1S/C23H36O4/c1-13(24)18-7-8-19-17-6-5-15-11-16(27-14(2)25)9-10-22(15,3)21(17)20(26)12-23(18,19)4/h15-21,26H,5-12H2,1-4H3/t15?,16?,17-,18+,19-,20-,21+,22-,23+/m0/s1. The lowest BCUT2D eigenvalue weighted by molar-refractivity contribution is -0.185. The highest BCUT2D eigenvalue weighted by Crippen LogP contribution is 2.67. The SMILES string of the molecule is CC(=O)OC1CC[C@@]2(C)C(CC[C@@H]3[C@@H]2[C@@H](O)C[C@]2(C)[C@@H](C(C)=O)CC[C@@H]32)C1. The average Bonchev–Trinajstić information content (AvgIpc) is 2.91. The Labute approximate surface area is 163 Å². The van der Waals surface area contributed by atoms with Crippen molar-refractivity contribution in [2.45, 2.75) is 91.3 Å². The Bertz CT molecular complexity index is 630. The summed E-state index contributed by atoms with van der Waals surface area (Å²) in [5.41, 5.74) is 0.110. The van der Waals surface area contributed by atoms with E-state index in [1.165, 1.54) is 13.3 Å². The minimum absolute atomic E-state index is 0.0233. The number of fused-ring (bicyclic) bond motifs is 5. The van der Waals surface area contributed by atoms with Crippen molar-refractivity contribution in [3.63, 3.8) is 0 Å². The van der Waals surface area contributed by atoms with Crippen molar-refractivity contribution in [1.29, 1.82) is 0 Å². The molecule has 0 aliphatic heterocycles. The maximum Gasteiger partial charge on any atom is 0.302 e. The fraction of sp³-hybridized carbons (Fsp3) is 0.913. The lowest BCUT2D eigenvalue weighted by Crippen LogP contribution is -2.59. The maximum atomic E-state index is 12.3. The molecule has 4 saturated carbocycles. The molecule has 0 saturated heterocycles. The molecule has 27 heavy (non-hydrogen) atoms. The zero-order chi connectivity index (χ0) is 19.6. The first-order valence-electron chi connectivity index (χ1n) is 11.0. The molecule has 9 atom stereocenters. The fourth-order valence-electron chi connectivity index (χ4n) is 8.35. The van der Waals surface area contributed by atoms with Gasteiger partial charge < -0.3 is 9.84 Å². The molecule has 4 heteroatoms. The molecule has 4 fully saturated rings. The normalized spacial score (nSPS) is 51.7. The molecule has 4 aliphatic carbocycles. The third-order valence-corrected chi connectivity index (χ3v) is 9.37. The Morgan fingerprint density at radius 1 is 1.00 bits per heavy atom. The summed E-state index contributed by atoms with van der Waals surface area (Å²) < 4.78 is 5.53. The van der Waals surface area contributed by atoms with Crippen LogP contribution in [0.5, 0.6) is 0 Å². The van der Waals surface area contributed by atoms with Gasteiger partial charge in [-0.05, 0) is 92.8 Å². The predicted molar refractivity (Wildman–Crippen MR) is 103 cm³/mol. The molecule has 0 amide bonds. The molecule has 0 aromatic heterocycles. The van der Waals surface area contributed by atoms with Crippen LogP contribution in [-0.2, 0) is 14.3 Å². The molecule has 0 aromatic rings. The zero-order valence-electron chi connectivity index (χ0n) is 17.4. The van der Waals surface area contributed by atoms with Crippen LogP contribution in [0.4, 0.5) is 0 Å². The third kappa shape index (κ3) is 2.89. The molecule has 0 aromatic carbocycles. The number of ketones is 1. The van der Waals surface area contributed by atoms with Gasteiger partial charge in [-0.25, -0.2) is 0 Å². The number of Topliss-reactive ketones (excluding diaryl/α,β-unsaturated/α-hetero) is 1. The van der Waals surface area contributed by atoms with E-state index >= 15 is 0 Å². The van der Waals surface area contributed by atoms with Crippen molar-refractivity contribution >= 4 is 11.8 Å². The van der Waals surface area contributed by atoms with Gasteiger partial charge in [-0.2, -0.15) is 0 Å². The van der Waals surface area contributed by atoms with Gasteiger partial charge >= 0.3 is 5.97 Å². The number of aliphatic hydroxyl groups is 1. The summed E-state index contributed by atoms with van der Waals surface area (Å²) in [7, 11) is 0. The Hall–Kier alpha value is -0.900. The zero-order valence-corrected chi connectivity index (χ0v) is 17.4. The van der Waals surface area contributed by atoms with Gasteiger partial charge in [-0.3, -0.25) is 9.59 Å². The van der Waals surface area contributed by atoms with Gasteiger partial charge in [0.1, 0.15) is 11.9 Å². The molecule has 4 rings (SSSR count). The van der Waals surface area contributed by atoms with Gasteiger partial charge in [0.05, 0.1) is 6.10 Å². The highest BCUT2D eigenvalue weighted by molar-refractivity contribution is 5.79. The van der Waals surface area contributed by atoms with E-state index in [0.717, 1.165) is 44.9 Å². The summed E-state index contributed by atoms with van der Waals surface area (Å²) in [5, 5.41) is 11.3. The van der Waals surface area contributed by atoms with E-state index in [1.54, 1.807) is 6.92 Å². The van der Waals surface area contributed by atoms with Gasteiger partial charge in [0.15, 0.2) is 0 Å². The topological polar surface area (TPSA) is 63.6 Å². The molecule has 4 aliphatic rings. The van der Waals surface area contributed by atoms with Crippen LogP contribution >= 0.6 is 0 Å². The molecule has 152 valence electrons. The van der Waals surface area contributed by atoms with E-state index in [1.807, 2.05) is 0 Å². The lowest BCUT2D eigenvalue weighted by atomic mass is 9.44. The molecular weight excluding hydrogens is 340 g/mol. The van der Waals surface area contributed by atoms with Gasteiger partial charge in [0, 0.05) is 12.8 Å². The number of carbonyl (C=O) groups excluding carboxylic acids is 2. The maximum absolute atomic E-state index is 12.3.